The highest BCUT2D eigenvalue weighted by Crippen LogP contribution is 2.17. The normalized spacial score (nSPS) is 15.6. The molecule has 4 rings (SSSR count). The van der Waals surface area contributed by atoms with Crippen LogP contribution in [0.25, 0.3) is 5.65 Å². The van der Waals surface area contributed by atoms with Crippen molar-refractivity contribution in [3.05, 3.63) is 42.0 Å². The van der Waals surface area contributed by atoms with Crippen LogP contribution in [0, 0.1) is 6.92 Å². The number of amides is 1. The van der Waals surface area contributed by atoms with E-state index in [2.05, 4.69) is 20.2 Å². The molecule has 1 fully saturated rings. The topological polar surface area (TPSA) is 71.6 Å². The van der Waals surface area contributed by atoms with Gasteiger partial charge in [0.05, 0.1) is 11.9 Å². The molecule has 25 heavy (non-hydrogen) atoms. The zero-order valence-electron chi connectivity index (χ0n) is 14.5. The lowest BCUT2D eigenvalue weighted by atomic mass is 10.2. The molecular weight excluding hydrogens is 318 g/mol. The number of aryl methyl sites for hydroxylation is 2. The van der Waals surface area contributed by atoms with Crippen LogP contribution in [0.5, 0.6) is 0 Å². The van der Waals surface area contributed by atoms with Crippen LogP contribution in [0.4, 0.5) is 5.82 Å². The minimum absolute atomic E-state index is 0.0358. The number of carbonyl (C=O) groups excluding carboxylic acids is 1. The van der Waals surface area contributed by atoms with Crippen molar-refractivity contribution in [2.24, 2.45) is 7.05 Å². The van der Waals surface area contributed by atoms with E-state index in [0.29, 0.717) is 12.1 Å². The fraction of sp³-hybridized carbons (Fsp3) is 0.412. The van der Waals surface area contributed by atoms with Crippen LogP contribution in [0.1, 0.15) is 22.5 Å². The highest BCUT2D eigenvalue weighted by molar-refractivity contribution is 5.99. The van der Waals surface area contributed by atoms with Gasteiger partial charge in [0.15, 0.2) is 5.82 Å². The van der Waals surface area contributed by atoms with Crippen molar-refractivity contribution in [1.29, 1.82) is 0 Å². The highest BCUT2D eigenvalue weighted by atomic mass is 16.2. The summed E-state index contributed by atoms with van der Waals surface area (Å²) < 4.78 is 3.66. The first-order valence-electron chi connectivity index (χ1n) is 8.47. The SMILES string of the molecule is Cc1ccc(N2CCCN(C(=O)c3cnn4ccn(C)c34)CC2)nn1. The molecule has 1 amide bonds. The van der Waals surface area contributed by atoms with E-state index < -0.39 is 0 Å². The average molecular weight is 339 g/mol. The van der Waals surface area contributed by atoms with E-state index in [-0.39, 0.29) is 5.91 Å². The first-order valence-corrected chi connectivity index (χ1v) is 8.47. The van der Waals surface area contributed by atoms with Crippen molar-refractivity contribution < 1.29 is 4.79 Å². The number of hydrogen-bond donors (Lipinski definition) is 0. The Balaban J connectivity index is 1.51. The molecule has 0 saturated carbocycles. The van der Waals surface area contributed by atoms with Gasteiger partial charge in [-0.2, -0.15) is 10.2 Å². The Morgan fingerprint density at radius 2 is 1.96 bits per heavy atom. The summed E-state index contributed by atoms with van der Waals surface area (Å²) in [5.74, 6) is 0.906. The van der Waals surface area contributed by atoms with E-state index in [4.69, 9.17) is 0 Å². The molecule has 130 valence electrons. The van der Waals surface area contributed by atoms with Gasteiger partial charge < -0.3 is 14.4 Å². The number of anilines is 1. The summed E-state index contributed by atoms with van der Waals surface area (Å²) >= 11 is 0. The number of rotatable bonds is 2. The third-order valence-electron chi connectivity index (χ3n) is 4.66. The number of nitrogens with zero attached hydrogens (tertiary/aromatic N) is 7. The second kappa shape index (κ2) is 6.19. The Morgan fingerprint density at radius 1 is 1.08 bits per heavy atom. The molecule has 1 aliphatic rings. The molecule has 0 aliphatic carbocycles. The fourth-order valence-electron chi connectivity index (χ4n) is 3.28. The zero-order chi connectivity index (χ0) is 17.4. The largest absolute Gasteiger partial charge is 0.353 e. The standard InChI is InChI=1S/C17H21N7O/c1-13-4-5-15(20-19-13)22-6-3-7-23(10-9-22)17(25)14-12-18-24-11-8-21(2)16(14)24/h4-5,8,11-12H,3,6-7,9-10H2,1-2H3. The van der Waals surface area contributed by atoms with Crippen molar-refractivity contribution in [1.82, 2.24) is 29.3 Å². The summed E-state index contributed by atoms with van der Waals surface area (Å²) in [6.07, 6.45) is 6.32. The van der Waals surface area contributed by atoms with Crippen molar-refractivity contribution in [3.63, 3.8) is 0 Å². The molecule has 0 atom stereocenters. The Labute approximate surface area is 145 Å². The summed E-state index contributed by atoms with van der Waals surface area (Å²) in [5.41, 5.74) is 2.38. The molecule has 1 saturated heterocycles. The van der Waals surface area contributed by atoms with Gasteiger partial charge in [0.25, 0.3) is 5.91 Å². The molecule has 3 aromatic rings. The third kappa shape index (κ3) is 2.84. The summed E-state index contributed by atoms with van der Waals surface area (Å²) in [5, 5.41) is 12.7. The smallest absolute Gasteiger partial charge is 0.259 e. The Morgan fingerprint density at radius 3 is 2.76 bits per heavy atom. The lowest BCUT2D eigenvalue weighted by Gasteiger charge is -2.22. The summed E-state index contributed by atoms with van der Waals surface area (Å²) in [6, 6.07) is 3.96. The van der Waals surface area contributed by atoms with E-state index in [0.717, 1.165) is 43.2 Å². The molecule has 8 nitrogen and oxygen atoms in total. The van der Waals surface area contributed by atoms with Crippen LogP contribution in [-0.4, -0.2) is 61.4 Å². The summed E-state index contributed by atoms with van der Waals surface area (Å²) in [4.78, 5) is 17.1. The fourth-order valence-corrected chi connectivity index (χ4v) is 3.28. The molecule has 3 aromatic heterocycles. The van der Waals surface area contributed by atoms with Gasteiger partial charge in [-0.1, -0.05) is 0 Å². The van der Waals surface area contributed by atoms with E-state index in [1.54, 1.807) is 10.7 Å². The lowest BCUT2D eigenvalue weighted by molar-refractivity contribution is 0.0768. The molecule has 0 unspecified atom stereocenters. The maximum absolute atomic E-state index is 13.0. The number of hydrogen-bond acceptors (Lipinski definition) is 5. The molecule has 0 N–H and O–H groups in total. The van der Waals surface area contributed by atoms with Crippen LogP contribution in [0.3, 0.4) is 0 Å². The van der Waals surface area contributed by atoms with Gasteiger partial charge in [0.1, 0.15) is 11.2 Å². The van der Waals surface area contributed by atoms with Gasteiger partial charge in [0, 0.05) is 45.6 Å². The van der Waals surface area contributed by atoms with Crippen molar-refractivity contribution in [2.45, 2.75) is 13.3 Å². The molecule has 8 heteroatoms. The van der Waals surface area contributed by atoms with E-state index in [1.165, 1.54) is 0 Å². The Hall–Kier alpha value is -2.90. The van der Waals surface area contributed by atoms with Crippen molar-refractivity contribution in [3.8, 4) is 0 Å². The van der Waals surface area contributed by atoms with Crippen molar-refractivity contribution >= 4 is 17.4 Å². The zero-order valence-corrected chi connectivity index (χ0v) is 14.5. The van der Waals surface area contributed by atoms with Gasteiger partial charge in [-0.15, -0.1) is 5.10 Å². The maximum Gasteiger partial charge on any atom is 0.259 e. The average Bonchev–Trinajstić information content (AvgIpc) is 3.10. The van der Waals surface area contributed by atoms with Gasteiger partial charge in [-0.25, -0.2) is 4.52 Å². The van der Waals surface area contributed by atoms with E-state index in [9.17, 15) is 4.79 Å². The van der Waals surface area contributed by atoms with E-state index in [1.807, 2.05) is 48.0 Å². The first-order chi connectivity index (χ1) is 12.1. The monoisotopic (exact) mass is 339 g/mol. The molecule has 0 spiro atoms. The first kappa shape index (κ1) is 15.6. The number of imidazole rings is 1. The molecule has 0 radical (unpaired) electrons. The summed E-state index contributed by atoms with van der Waals surface area (Å²) in [7, 11) is 1.92. The van der Waals surface area contributed by atoms with Gasteiger partial charge in [-0.05, 0) is 25.5 Å². The molecular formula is C17H21N7O. The van der Waals surface area contributed by atoms with Gasteiger partial charge >= 0.3 is 0 Å². The van der Waals surface area contributed by atoms with Crippen LogP contribution in [0.2, 0.25) is 0 Å². The summed E-state index contributed by atoms with van der Waals surface area (Å²) in [6.45, 7) is 4.94. The van der Waals surface area contributed by atoms with Crippen LogP contribution in [0.15, 0.2) is 30.7 Å². The Kier molecular flexibility index (Phi) is 3.87. The van der Waals surface area contributed by atoms with Crippen LogP contribution in [-0.2, 0) is 7.05 Å². The second-order valence-corrected chi connectivity index (χ2v) is 6.40. The molecule has 4 heterocycles. The number of fused-ring (bicyclic) bond motifs is 1. The quantitative estimate of drug-likeness (QED) is 0.700. The number of aromatic nitrogens is 5. The molecule has 0 aromatic carbocycles. The third-order valence-corrected chi connectivity index (χ3v) is 4.66. The maximum atomic E-state index is 13.0. The second-order valence-electron chi connectivity index (χ2n) is 6.40. The molecule has 1 aliphatic heterocycles. The Bertz CT molecular complexity index is 896. The minimum atomic E-state index is 0.0358. The van der Waals surface area contributed by atoms with E-state index >= 15 is 0 Å². The van der Waals surface area contributed by atoms with Gasteiger partial charge in [0.2, 0.25) is 0 Å². The predicted molar refractivity (Wildman–Crippen MR) is 93.7 cm³/mol. The molecule has 0 bridgehead atoms. The highest BCUT2D eigenvalue weighted by Gasteiger charge is 2.24. The number of carbonyl (C=O) groups is 1. The van der Waals surface area contributed by atoms with Crippen LogP contribution >= 0.6 is 0 Å². The minimum Gasteiger partial charge on any atom is -0.353 e. The van der Waals surface area contributed by atoms with Crippen molar-refractivity contribution in [2.75, 3.05) is 31.1 Å². The predicted octanol–water partition coefficient (Wildman–Crippen LogP) is 1.12. The van der Waals surface area contributed by atoms with Gasteiger partial charge in [-0.3, -0.25) is 4.79 Å². The van der Waals surface area contributed by atoms with Crippen LogP contribution < -0.4 is 4.90 Å². The lowest BCUT2D eigenvalue weighted by Crippen LogP contribution is -2.35.